The Morgan fingerprint density at radius 2 is 1.32 bits per heavy atom. The minimum Gasteiger partial charge on any atom is -0.466 e. The summed E-state index contributed by atoms with van der Waals surface area (Å²) >= 11 is 0. The minimum atomic E-state index is -0.0492. The molecular formula is C20H36O2. The molecule has 0 rings (SSSR count). The summed E-state index contributed by atoms with van der Waals surface area (Å²) in [5.41, 5.74) is 0. The van der Waals surface area contributed by atoms with E-state index in [9.17, 15) is 4.79 Å². The summed E-state index contributed by atoms with van der Waals surface area (Å²) in [4.78, 5) is 11.1. The van der Waals surface area contributed by atoms with Gasteiger partial charge >= 0.3 is 5.97 Å². The lowest BCUT2D eigenvalue weighted by Gasteiger charge is -2.01. The Labute approximate surface area is 138 Å². The summed E-state index contributed by atoms with van der Waals surface area (Å²) in [7, 11) is 0. The molecular weight excluding hydrogens is 272 g/mol. The van der Waals surface area contributed by atoms with Gasteiger partial charge in [0.2, 0.25) is 0 Å². The first-order chi connectivity index (χ1) is 10.8. The number of ether oxygens (including phenoxy) is 1. The van der Waals surface area contributed by atoms with Crippen molar-refractivity contribution in [2.45, 2.75) is 90.9 Å². The van der Waals surface area contributed by atoms with Crippen LogP contribution in [0.5, 0.6) is 0 Å². The van der Waals surface area contributed by atoms with Gasteiger partial charge in [0, 0.05) is 6.42 Å². The minimum absolute atomic E-state index is 0.0492. The zero-order valence-electron chi connectivity index (χ0n) is 14.8. The summed E-state index contributed by atoms with van der Waals surface area (Å²) in [6.07, 6.45) is 23.1. The molecule has 0 amide bonds. The number of carbonyl (C=O) groups excluding carboxylic acids is 1. The van der Waals surface area contributed by atoms with Gasteiger partial charge in [-0.3, -0.25) is 4.79 Å². The quantitative estimate of drug-likeness (QED) is 0.200. The van der Waals surface area contributed by atoms with E-state index in [0.717, 1.165) is 19.3 Å². The number of carbonyl (C=O) groups is 1. The van der Waals surface area contributed by atoms with E-state index >= 15 is 0 Å². The van der Waals surface area contributed by atoms with Crippen LogP contribution in [0, 0.1) is 0 Å². The third kappa shape index (κ3) is 17.0. The first-order valence-corrected chi connectivity index (χ1v) is 9.28. The number of rotatable bonds is 15. The Balaban J connectivity index is 3.23. The van der Waals surface area contributed by atoms with E-state index in [-0.39, 0.29) is 5.97 Å². The fourth-order valence-electron chi connectivity index (χ4n) is 2.33. The van der Waals surface area contributed by atoms with E-state index < -0.39 is 0 Å². The second-order valence-corrected chi connectivity index (χ2v) is 5.82. The molecule has 0 radical (unpaired) electrons. The zero-order valence-corrected chi connectivity index (χ0v) is 14.8. The Bertz CT molecular complexity index is 292. The monoisotopic (exact) mass is 308 g/mol. The van der Waals surface area contributed by atoms with Crippen LogP contribution in [0.15, 0.2) is 24.3 Å². The van der Waals surface area contributed by atoms with Crippen molar-refractivity contribution in [3.8, 4) is 0 Å². The van der Waals surface area contributed by atoms with Gasteiger partial charge in [-0.05, 0) is 39.0 Å². The molecule has 2 heteroatoms. The van der Waals surface area contributed by atoms with Crippen LogP contribution in [-0.4, -0.2) is 12.6 Å². The standard InChI is InChI=1S/C20H36O2/c1-3-5-6-7-8-9-10-11-12-13-14-15-16-17-18-19-20(21)22-4-2/h9-12H,3-8,13-19H2,1-2H3/b10-9-,12-11+. The topological polar surface area (TPSA) is 26.3 Å². The van der Waals surface area contributed by atoms with Gasteiger partial charge in [-0.15, -0.1) is 0 Å². The molecule has 128 valence electrons. The first kappa shape index (κ1) is 20.9. The van der Waals surface area contributed by atoms with Gasteiger partial charge in [0.15, 0.2) is 0 Å². The molecule has 0 atom stereocenters. The van der Waals surface area contributed by atoms with Crippen LogP contribution >= 0.6 is 0 Å². The summed E-state index contributed by atoms with van der Waals surface area (Å²) in [5.74, 6) is -0.0492. The lowest BCUT2D eigenvalue weighted by atomic mass is 10.1. The molecule has 0 spiro atoms. The fourth-order valence-corrected chi connectivity index (χ4v) is 2.33. The molecule has 0 bridgehead atoms. The van der Waals surface area contributed by atoms with E-state index in [2.05, 4.69) is 31.2 Å². The Morgan fingerprint density at radius 1 is 0.773 bits per heavy atom. The molecule has 0 fully saturated rings. The maximum absolute atomic E-state index is 11.1. The highest BCUT2D eigenvalue weighted by Crippen LogP contribution is 2.08. The van der Waals surface area contributed by atoms with E-state index in [0.29, 0.717) is 13.0 Å². The average Bonchev–Trinajstić information content (AvgIpc) is 2.51. The summed E-state index contributed by atoms with van der Waals surface area (Å²) < 4.78 is 4.91. The molecule has 2 nitrogen and oxygen atoms in total. The van der Waals surface area contributed by atoms with Crippen LogP contribution < -0.4 is 0 Å². The van der Waals surface area contributed by atoms with Crippen molar-refractivity contribution in [3.63, 3.8) is 0 Å². The van der Waals surface area contributed by atoms with E-state index in [1.165, 1.54) is 51.4 Å². The molecule has 0 unspecified atom stereocenters. The Morgan fingerprint density at radius 3 is 1.91 bits per heavy atom. The Kier molecular flexibility index (Phi) is 17.1. The molecule has 22 heavy (non-hydrogen) atoms. The number of esters is 1. The van der Waals surface area contributed by atoms with Gasteiger partial charge in [-0.2, -0.15) is 0 Å². The lowest BCUT2D eigenvalue weighted by Crippen LogP contribution is -2.03. The van der Waals surface area contributed by atoms with Gasteiger partial charge < -0.3 is 4.74 Å². The van der Waals surface area contributed by atoms with Crippen molar-refractivity contribution >= 4 is 5.97 Å². The van der Waals surface area contributed by atoms with Gasteiger partial charge in [0.05, 0.1) is 6.61 Å². The number of unbranched alkanes of at least 4 members (excludes halogenated alkanes) is 9. The normalized spacial score (nSPS) is 11.5. The van der Waals surface area contributed by atoms with Crippen LogP contribution in [-0.2, 0) is 9.53 Å². The second kappa shape index (κ2) is 18.0. The summed E-state index contributed by atoms with van der Waals surface area (Å²) in [6.45, 7) is 4.60. The summed E-state index contributed by atoms with van der Waals surface area (Å²) in [6, 6.07) is 0. The van der Waals surface area contributed by atoms with Crippen LogP contribution in [0.3, 0.4) is 0 Å². The molecule has 0 aromatic heterocycles. The molecule has 0 heterocycles. The van der Waals surface area contributed by atoms with Gasteiger partial charge in [-0.25, -0.2) is 0 Å². The van der Waals surface area contributed by atoms with Crippen molar-refractivity contribution in [3.05, 3.63) is 24.3 Å². The van der Waals surface area contributed by atoms with Gasteiger partial charge in [0.1, 0.15) is 0 Å². The van der Waals surface area contributed by atoms with Gasteiger partial charge in [0.25, 0.3) is 0 Å². The maximum atomic E-state index is 11.1. The predicted molar refractivity (Wildman–Crippen MR) is 96.0 cm³/mol. The lowest BCUT2D eigenvalue weighted by molar-refractivity contribution is -0.143. The smallest absolute Gasteiger partial charge is 0.305 e. The summed E-state index contributed by atoms with van der Waals surface area (Å²) in [5, 5.41) is 0. The number of allylic oxidation sites excluding steroid dienone is 4. The van der Waals surface area contributed by atoms with Crippen LogP contribution in [0.1, 0.15) is 90.9 Å². The highest BCUT2D eigenvalue weighted by Gasteiger charge is 2.00. The predicted octanol–water partition coefficient (Wildman–Crippen LogP) is 6.36. The molecule has 0 saturated heterocycles. The molecule has 0 saturated carbocycles. The third-order valence-electron chi connectivity index (χ3n) is 3.66. The van der Waals surface area contributed by atoms with Crippen LogP contribution in [0.2, 0.25) is 0 Å². The van der Waals surface area contributed by atoms with E-state index in [4.69, 9.17) is 4.74 Å². The van der Waals surface area contributed by atoms with Crippen molar-refractivity contribution < 1.29 is 9.53 Å². The highest BCUT2D eigenvalue weighted by atomic mass is 16.5. The average molecular weight is 309 g/mol. The zero-order chi connectivity index (χ0) is 16.3. The van der Waals surface area contributed by atoms with E-state index in [1.807, 2.05) is 6.92 Å². The Hall–Kier alpha value is -1.05. The van der Waals surface area contributed by atoms with Crippen molar-refractivity contribution in [1.82, 2.24) is 0 Å². The molecule has 0 aromatic rings. The van der Waals surface area contributed by atoms with Gasteiger partial charge in [-0.1, -0.05) is 69.8 Å². The third-order valence-corrected chi connectivity index (χ3v) is 3.66. The van der Waals surface area contributed by atoms with Crippen molar-refractivity contribution in [2.75, 3.05) is 6.61 Å². The molecule has 0 aliphatic rings. The molecule has 0 aliphatic heterocycles. The second-order valence-electron chi connectivity index (χ2n) is 5.82. The molecule has 0 aromatic carbocycles. The van der Waals surface area contributed by atoms with Crippen LogP contribution in [0.4, 0.5) is 0 Å². The first-order valence-electron chi connectivity index (χ1n) is 9.28. The largest absolute Gasteiger partial charge is 0.466 e. The van der Waals surface area contributed by atoms with Crippen molar-refractivity contribution in [1.29, 1.82) is 0 Å². The van der Waals surface area contributed by atoms with E-state index in [1.54, 1.807) is 0 Å². The number of hydrogen-bond donors (Lipinski definition) is 0. The van der Waals surface area contributed by atoms with Crippen molar-refractivity contribution in [2.24, 2.45) is 0 Å². The highest BCUT2D eigenvalue weighted by molar-refractivity contribution is 5.69. The SMILES string of the molecule is CCCCCC/C=C\C=C\CCCCCCCC(=O)OCC. The fraction of sp³-hybridized carbons (Fsp3) is 0.750. The molecule has 0 aliphatic carbocycles. The molecule has 0 N–H and O–H groups in total. The maximum Gasteiger partial charge on any atom is 0.305 e. The van der Waals surface area contributed by atoms with Crippen LogP contribution in [0.25, 0.3) is 0 Å². The number of hydrogen-bond acceptors (Lipinski definition) is 2.